The molecule has 0 heterocycles. The Kier molecular flexibility index (Phi) is 49.3. The second-order valence-corrected chi connectivity index (χ2v) is 18.5. The molecule has 6 nitrogen and oxygen atoms in total. The molecular formula is C55H104O6. The molecule has 0 rings (SSSR count). The molecule has 6 heteroatoms. The Bertz CT molecular complexity index is 947. The topological polar surface area (TPSA) is 78.9 Å². The molecule has 0 N–H and O–H groups in total. The van der Waals surface area contributed by atoms with Crippen LogP contribution in [0.5, 0.6) is 0 Å². The van der Waals surface area contributed by atoms with Crippen molar-refractivity contribution < 1.29 is 28.6 Å². The minimum atomic E-state index is -0.767. The van der Waals surface area contributed by atoms with E-state index in [1.54, 1.807) is 0 Å². The van der Waals surface area contributed by atoms with E-state index in [2.05, 4.69) is 32.9 Å². The maximum atomic E-state index is 12.8. The van der Waals surface area contributed by atoms with Crippen LogP contribution in [0.15, 0.2) is 12.2 Å². The number of hydrogen-bond donors (Lipinski definition) is 0. The van der Waals surface area contributed by atoms with Crippen LogP contribution in [0.3, 0.4) is 0 Å². The van der Waals surface area contributed by atoms with E-state index >= 15 is 0 Å². The first-order valence-corrected chi connectivity index (χ1v) is 27.2. The quantitative estimate of drug-likeness (QED) is 0.0262. The highest BCUT2D eigenvalue weighted by molar-refractivity contribution is 5.71. The summed E-state index contributed by atoms with van der Waals surface area (Å²) in [7, 11) is 0. The zero-order chi connectivity index (χ0) is 44.4. The van der Waals surface area contributed by atoms with Gasteiger partial charge in [-0.1, -0.05) is 251 Å². The van der Waals surface area contributed by atoms with Crippen molar-refractivity contribution in [2.45, 2.75) is 309 Å². The lowest BCUT2D eigenvalue weighted by molar-refractivity contribution is -0.167. The van der Waals surface area contributed by atoms with Crippen LogP contribution in [0.4, 0.5) is 0 Å². The van der Waals surface area contributed by atoms with Crippen molar-refractivity contribution in [2.24, 2.45) is 0 Å². The fourth-order valence-corrected chi connectivity index (χ4v) is 8.14. The highest BCUT2D eigenvalue weighted by Crippen LogP contribution is 2.16. The molecule has 0 aromatic carbocycles. The Morgan fingerprint density at radius 1 is 0.311 bits per heavy atom. The molecule has 0 fully saturated rings. The largest absolute Gasteiger partial charge is 0.462 e. The van der Waals surface area contributed by atoms with Crippen LogP contribution in [-0.4, -0.2) is 37.2 Å². The number of unbranched alkanes of at least 4 members (excludes halogenated alkanes) is 37. The van der Waals surface area contributed by atoms with Crippen molar-refractivity contribution in [3.63, 3.8) is 0 Å². The first-order chi connectivity index (χ1) is 30.0. The second kappa shape index (κ2) is 50.8. The van der Waals surface area contributed by atoms with Crippen molar-refractivity contribution in [1.82, 2.24) is 0 Å². The van der Waals surface area contributed by atoms with Gasteiger partial charge in [-0.2, -0.15) is 0 Å². The summed E-state index contributed by atoms with van der Waals surface area (Å²) in [6, 6.07) is 0. The van der Waals surface area contributed by atoms with Gasteiger partial charge in [0.05, 0.1) is 0 Å². The summed E-state index contributed by atoms with van der Waals surface area (Å²) >= 11 is 0. The van der Waals surface area contributed by atoms with E-state index in [1.807, 2.05) is 0 Å². The zero-order valence-corrected chi connectivity index (χ0v) is 41.2. The lowest BCUT2D eigenvalue weighted by atomic mass is 10.0. The standard InChI is InChI=1S/C55H104O6/c1-4-7-10-13-16-19-22-25-27-29-30-33-36-39-42-45-48-54(57)60-51-52(50-59-53(56)47-44-41-38-35-32-24-21-18-15-12-9-6-3)61-55(58)49-46-43-40-37-34-31-28-26-23-20-17-14-11-8-5-2/h26,28,52H,4-25,27,29-51H2,1-3H3/b28-26-. The van der Waals surface area contributed by atoms with Gasteiger partial charge in [-0.05, 0) is 44.9 Å². The van der Waals surface area contributed by atoms with E-state index in [0.717, 1.165) is 64.2 Å². The van der Waals surface area contributed by atoms with Crippen LogP contribution in [0.1, 0.15) is 303 Å². The van der Waals surface area contributed by atoms with Crippen LogP contribution in [0, 0.1) is 0 Å². The number of hydrogen-bond acceptors (Lipinski definition) is 6. The van der Waals surface area contributed by atoms with Crippen LogP contribution in [0.2, 0.25) is 0 Å². The summed E-state index contributed by atoms with van der Waals surface area (Å²) in [5, 5.41) is 0. The van der Waals surface area contributed by atoms with Crippen LogP contribution < -0.4 is 0 Å². The Balaban J connectivity index is 4.32. The van der Waals surface area contributed by atoms with E-state index < -0.39 is 6.10 Å². The first-order valence-electron chi connectivity index (χ1n) is 27.2. The molecule has 1 atom stereocenters. The average molecular weight is 861 g/mol. The SMILES string of the molecule is CCCCCCCC/C=C\CCCCCCCC(=O)OC(COC(=O)CCCCCCCCCCCCCC)COC(=O)CCCCCCCCCCCCCCCCCC. The third kappa shape index (κ3) is 49.0. The number of esters is 3. The van der Waals surface area contributed by atoms with E-state index in [0.29, 0.717) is 19.3 Å². The summed E-state index contributed by atoms with van der Waals surface area (Å²) in [5.41, 5.74) is 0. The summed E-state index contributed by atoms with van der Waals surface area (Å²) < 4.78 is 16.8. The van der Waals surface area contributed by atoms with Crippen molar-refractivity contribution >= 4 is 17.9 Å². The van der Waals surface area contributed by atoms with E-state index in [9.17, 15) is 14.4 Å². The van der Waals surface area contributed by atoms with E-state index in [-0.39, 0.29) is 31.1 Å². The van der Waals surface area contributed by atoms with Gasteiger partial charge in [-0.15, -0.1) is 0 Å². The summed E-state index contributed by atoms with van der Waals surface area (Å²) in [6.45, 7) is 6.67. The molecule has 0 saturated carbocycles. The molecule has 0 aromatic heterocycles. The summed E-state index contributed by atoms with van der Waals surface area (Å²) in [6.07, 6.45) is 56.2. The molecule has 0 spiro atoms. The number of ether oxygens (including phenoxy) is 3. The average Bonchev–Trinajstić information content (AvgIpc) is 3.26. The van der Waals surface area contributed by atoms with Gasteiger partial charge in [0.25, 0.3) is 0 Å². The Morgan fingerprint density at radius 3 is 0.820 bits per heavy atom. The first kappa shape index (κ1) is 59.1. The van der Waals surface area contributed by atoms with Gasteiger partial charge in [0.2, 0.25) is 0 Å². The van der Waals surface area contributed by atoms with Gasteiger partial charge in [0.1, 0.15) is 13.2 Å². The van der Waals surface area contributed by atoms with Crippen molar-refractivity contribution in [2.75, 3.05) is 13.2 Å². The summed E-state index contributed by atoms with van der Waals surface area (Å²) in [4.78, 5) is 38.0. The van der Waals surface area contributed by atoms with Gasteiger partial charge in [0.15, 0.2) is 6.10 Å². The van der Waals surface area contributed by atoms with Crippen molar-refractivity contribution in [3.8, 4) is 0 Å². The Morgan fingerprint density at radius 2 is 0.541 bits per heavy atom. The van der Waals surface area contributed by atoms with Gasteiger partial charge < -0.3 is 14.2 Å². The minimum Gasteiger partial charge on any atom is -0.462 e. The third-order valence-electron chi connectivity index (χ3n) is 12.3. The molecule has 61 heavy (non-hydrogen) atoms. The smallest absolute Gasteiger partial charge is 0.306 e. The van der Waals surface area contributed by atoms with Crippen molar-refractivity contribution in [3.05, 3.63) is 12.2 Å². The molecule has 0 aliphatic rings. The molecule has 0 bridgehead atoms. The fraction of sp³-hybridized carbons (Fsp3) is 0.909. The predicted octanol–water partition coefficient (Wildman–Crippen LogP) is 17.8. The number of allylic oxidation sites excluding steroid dienone is 2. The van der Waals surface area contributed by atoms with Gasteiger partial charge in [-0.25, -0.2) is 0 Å². The number of carbonyl (C=O) groups is 3. The molecule has 0 radical (unpaired) electrons. The third-order valence-corrected chi connectivity index (χ3v) is 12.3. The fourth-order valence-electron chi connectivity index (χ4n) is 8.14. The normalized spacial score (nSPS) is 12.0. The maximum Gasteiger partial charge on any atom is 0.306 e. The lowest BCUT2D eigenvalue weighted by Gasteiger charge is -2.18. The van der Waals surface area contributed by atoms with E-state index in [4.69, 9.17) is 14.2 Å². The highest BCUT2D eigenvalue weighted by atomic mass is 16.6. The zero-order valence-electron chi connectivity index (χ0n) is 41.2. The summed E-state index contributed by atoms with van der Waals surface area (Å²) in [5.74, 6) is -0.857. The van der Waals surface area contributed by atoms with Gasteiger partial charge in [0, 0.05) is 19.3 Å². The molecule has 0 aromatic rings. The van der Waals surface area contributed by atoms with Gasteiger partial charge >= 0.3 is 17.9 Å². The van der Waals surface area contributed by atoms with Crippen LogP contribution in [-0.2, 0) is 28.6 Å². The molecule has 1 unspecified atom stereocenters. The number of rotatable bonds is 50. The van der Waals surface area contributed by atoms with Gasteiger partial charge in [-0.3, -0.25) is 14.4 Å². The molecule has 0 aliphatic heterocycles. The predicted molar refractivity (Wildman–Crippen MR) is 261 cm³/mol. The molecule has 360 valence electrons. The molecule has 0 aliphatic carbocycles. The molecule has 0 saturated heterocycles. The highest BCUT2D eigenvalue weighted by Gasteiger charge is 2.19. The van der Waals surface area contributed by atoms with Crippen LogP contribution >= 0.6 is 0 Å². The lowest BCUT2D eigenvalue weighted by Crippen LogP contribution is -2.30. The van der Waals surface area contributed by atoms with Crippen LogP contribution in [0.25, 0.3) is 0 Å². The Hall–Kier alpha value is -1.85. The molecule has 0 amide bonds. The van der Waals surface area contributed by atoms with Crippen molar-refractivity contribution in [1.29, 1.82) is 0 Å². The molecular weight excluding hydrogens is 757 g/mol. The maximum absolute atomic E-state index is 12.8. The monoisotopic (exact) mass is 861 g/mol. The number of carbonyl (C=O) groups excluding carboxylic acids is 3. The second-order valence-electron chi connectivity index (χ2n) is 18.5. The Labute approximate surface area is 380 Å². The van der Waals surface area contributed by atoms with E-state index in [1.165, 1.54) is 199 Å². The minimum absolute atomic E-state index is 0.0678.